The first-order valence-electron chi connectivity index (χ1n) is 7.15. The predicted molar refractivity (Wildman–Crippen MR) is 86.9 cm³/mol. The molecule has 0 saturated carbocycles. The van der Waals surface area contributed by atoms with Gasteiger partial charge in [0.05, 0.1) is 22.5 Å². The fraction of sp³-hybridized carbons (Fsp3) is 0.333. The Morgan fingerprint density at radius 3 is 3.05 bits per heavy atom. The lowest BCUT2D eigenvalue weighted by molar-refractivity contribution is 0.0950. The molecule has 2 aromatic rings. The minimum absolute atomic E-state index is 0.134. The van der Waals surface area contributed by atoms with E-state index < -0.39 is 0 Å². The number of halogens is 2. The second-order valence-electron chi connectivity index (χ2n) is 5.27. The first-order valence-corrected chi connectivity index (χ1v) is 7.91. The Balaban J connectivity index is 1.68. The maximum Gasteiger partial charge on any atom is 0.254 e. The van der Waals surface area contributed by atoms with Gasteiger partial charge in [-0.3, -0.25) is 4.79 Å². The molecule has 1 aliphatic rings. The van der Waals surface area contributed by atoms with E-state index in [-0.39, 0.29) is 5.91 Å². The molecule has 1 saturated heterocycles. The first kappa shape index (κ1) is 15.3. The van der Waals surface area contributed by atoms with E-state index in [4.69, 9.17) is 23.2 Å². The molecule has 0 aliphatic carbocycles. The Hall–Kier alpha value is -1.56. The molecule has 2 N–H and O–H groups in total. The third kappa shape index (κ3) is 3.43. The van der Waals surface area contributed by atoms with Gasteiger partial charge in [-0.15, -0.1) is 0 Å². The maximum atomic E-state index is 12.1. The summed E-state index contributed by atoms with van der Waals surface area (Å²) < 4.78 is 1.57. The number of amides is 1. The van der Waals surface area contributed by atoms with Gasteiger partial charge in [0.15, 0.2) is 0 Å². The molecule has 1 amide bonds. The van der Waals surface area contributed by atoms with Gasteiger partial charge in [0.1, 0.15) is 0 Å². The molecule has 22 heavy (non-hydrogen) atoms. The molecular weight excluding hydrogens is 323 g/mol. The molecule has 7 heteroatoms. The van der Waals surface area contributed by atoms with Crippen molar-refractivity contribution in [1.82, 2.24) is 20.4 Å². The summed E-state index contributed by atoms with van der Waals surface area (Å²) in [7, 11) is 0. The molecule has 2 heterocycles. The molecule has 1 fully saturated rings. The Kier molecular flexibility index (Phi) is 4.66. The molecule has 0 radical (unpaired) electrons. The first-order chi connectivity index (χ1) is 10.6. The van der Waals surface area contributed by atoms with E-state index >= 15 is 0 Å². The SMILES string of the molecule is O=C(NCC1CCCN1)c1cnn(-c2ccc(Cl)cc2Cl)c1. The smallest absolute Gasteiger partial charge is 0.254 e. The number of hydrogen-bond donors (Lipinski definition) is 2. The summed E-state index contributed by atoms with van der Waals surface area (Å²) in [5.74, 6) is -0.134. The van der Waals surface area contributed by atoms with E-state index in [1.807, 2.05) is 0 Å². The standard InChI is InChI=1S/C15H16Cl2N4O/c16-11-3-4-14(13(17)6-11)21-9-10(7-20-21)15(22)19-8-12-2-1-5-18-12/h3-4,6-7,9,12,18H,1-2,5,8H2,(H,19,22). The fourth-order valence-corrected chi connectivity index (χ4v) is 2.98. The predicted octanol–water partition coefficient (Wildman–Crippen LogP) is 2.66. The molecule has 1 aromatic carbocycles. The average Bonchev–Trinajstić information content (AvgIpc) is 3.16. The van der Waals surface area contributed by atoms with Crippen molar-refractivity contribution in [3.63, 3.8) is 0 Å². The number of nitrogens with zero attached hydrogens (tertiary/aromatic N) is 2. The van der Waals surface area contributed by atoms with Crippen LogP contribution in [0.3, 0.4) is 0 Å². The Morgan fingerprint density at radius 2 is 2.32 bits per heavy atom. The van der Waals surface area contributed by atoms with Crippen LogP contribution >= 0.6 is 23.2 Å². The van der Waals surface area contributed by atoms with Gasteiger partial charge in [-0.1, -0.05) is 23.2 Å². The zero-order valence-electron chi connectivity index (χ0n) is 11.9. The molecule has 116 valence electrons. The van der Waals surface area contributed by atoms with Crippen LogP contribution in [0.15, 0.2) is 30.6 Å². The number of carbonyl (C=O) groups excluding carboxylic acids is 1. The van der Waals surface area contributed by atoms with Crippen LogP contribution in [0.1, 0.15) is 23.2 Å². The number of benzene rings is 1. The van der Waals surface area contributed by atoms with E-state index in [9.17, 15) is 4.79 Å². The van der Waals surface area contributed by atoms with Crippen LogP contribution < -0.4 is 10.6 Å². The van der Waals surface area contributed by atoms with Crippen molar-refractivity contribution in [3.05, 3.63) is 46.2 Å². The highest BCUT2D eigenvalue weighted by Gasteiger charge is 2.16. The number of hydrogen-bond acceptors (Lipinski definition) is 3. The van der Waals surface area contributed by atoms with Gasteiger partial charge in [0.2, 0.25) is 0 Å². The molecular formula is C15H16Cl2N4O. The molecule has 1 aromatic heterocycles. The highest BCUT2D eigenvalue weighted by atomic mass is 35.5. The fourth-order valence-electron chi connectivity index (χ4n) is 2.49. The van der Waals surface area contributed by atoms with Crippen molar-refractivity contribution in [1.29, 1.82) is 0 Å². The summed E-state index contributed by atoms with van der Waals surface area (Å²) >= 11 is 12.0. The summed E-state index contributed by atoms with van der Waals surface area (Å²) in [4.78, 5) is 12.1. The molecule has 0 spiro atoms. The second-order valence-corrected chi connectivity index (χ2v) is 6.12. The van der Waals surface area contributed by atoms with Crippen LogP contribution in [-0.4, -0.2) is 34.8 Å². The second kappa shape index (κ2) is 6.69. The third-order valence-electron chi connectivity index (χ3n) is 3.67. The minimum Gasteiger partial charge on any atom is -0.350 e. The lowest BCUT2D eigenvalue weighted by Crippen LogP contribution is -2.37. The highest BCUT2D eigenvalue weighted by molar-refractivity contribution is 6.35. The van der Waals surface area contributed by atoms with Gasteiger partial charge in [-0.05, 0) is 37.6 Å². The van der Waals surface area contributed by atoms with Gasteiger partial charge in [-0.2, -0.15) is 5.10 Å². The normalized spacial score (nSPS) is 17.6. The maximum absolute atomic E-state index is 12.1. The molecule has 1 unspecified atom stereocenters. The molecule has 1 aliphatic heterocycles. The van der Waals surface area contributed by atoms with Crippen LogP contribution in [0, 0.1) is 0 Å². The van der Waals surface area contributed by atoms with Crippen molar-refractivity contribution in [3.8, 4) is 5.69 Å². The number of rotatable bonds is 4. The van der Waals surface area contributed by atoms with E-state index in [2.05, 4.69) is 15.7 Å². The lowest BCUT2D eigenvalue weighted by Gasteiger charge is -2.10. The number of nitrogens with one attached hydrogen (secondary N) is 2. The zero-order valence-corrected chi connectivity index (χ0v) is 13.4. The molecule has 0 bridgehead atoms. The summed E-state index contributed by atoms with van der Waals surface area (Å²) in [5.41, 5.74) is 1.19. The van der Waals surface area contributed by atoms with Gasteiger partial charge in [-0.25, -0.2) is 4.68 Å². The van der Waals surface area contributed by atoms with Gasteiger partial charge in [0.25, 0.3) is 5.91 Å². The van der Waals surface area contributed by atoms with Crippen LogP contribution in [0.4, 0.5) is 0 Å². The monoisotopic (exact) mass is 338 g/mol. The van der Waals surface area contributed by atoms with Crippen LogP contribution in [-0.2, 0) is 0 Å². The van der Waals surface area contributed by atoms with Gasteiger partial charge in [0, 0.05) is 23.8 Å². The molecule has 5 nitrogen and oxygen atoms in total. The van der Waals surface area contributed by atoms with Crippen molar-refractivity contribution in [2.75, 3.05) is 13.1 Å². The van der Waals surface area contributed by atoms with Crippen molar-refractivity contribution >= 4 is 29.1 Å². The van der Waals surface area contributed by atoms with Gasteiger partial charge >= 0.3 is 0 Å². The molecule has 1 atom stereocenters. The topological polar surface area (TPSA) is 59.0 Å². The summed E-state index contributed by atoms with van der Waals surface area (Å²) in [6.45, 7) is 1.65. The van der Waals surface area contributed by atoms with E-state index in [1.165, 1.54) is 6.20 Å². The average molecular weight is 339 g/mol. The number of aromatic nitrogens is 2. The highest BCUT2D eigenvalue weighted by Crippen LogP contribution is 2.24. The summed E-state index contributed by atoms with van der Waals surface area (Å²) in [6.07, 6.45) is 5.45. The van der Waals surface area contributed by atoms with E-state index in [1.54, 1.807) is 29.1 Å². The van der Waals surface area contributed by atoms with Crippen molar-refractivity contribution < 1.29 is 4.79 Å². The van der Waals surface area contributed by atoms with Crippen LogP contribution in [0.25, 0.3) is 5.69 Å². The Labute approximate surface area is 138 Å². The quantitative estimate of drug-likeness (QED) is 0.900. The van der Waals surface area contributed by atoms with Crippen molar-refractivity contribution in [2.45, 2.75) is 18.9 Å². The minimum atomic E-state index is -0.134. The van der Waals surface area contributed by atoms with Crippen LogP contribution in [0.2, 0.25) is 10.0 Å². The van der Waals surface area contributed by atoms with Crippen LogP contribution in [0.5, 0.6) is 0 Å². The number of carbonyl (C=O) groups is 1. The van der Waals surface area contributed by atoms with Gasteiger partial charge < -0.3 is 10.6 Å². The lowest BCUT2D eigenvalue weighted by atomic mass is 10.2. The summed E-state index contributed by atoms with van der Waals surface area (Å²) in [5, 5.41) is 11.5. The molecule has 3 rings (SSSR count). The van der Waals surface area contributed by atoms with E-state index in [0.29, 0.717) is 33.9 Å². The summed E-state index contributed by atoms with van der Waals surface area (Å²) in [6, 6.07) is 5.51. The third-order valence-corrected chi connectivity index (χ3v) is 4.21. The largest absolute Gasteiger partial charge is 0.350 e. The Morgan fingerprint density at radius 1 is 1.45 bits per heavy atom. The Bertz CT molecular complexity index is 680. The van der Waals surface area contributed by atoms with Crippen molar-refractivity contribution in [2.24, 2.45) is 0 Å². The van der Waals surface area contributed by atoms with E-state index in [0.717, 1.165) is 19.4 Å². The zero-order chi connectivity index (χ0) is 15.5.